The molecule has 90 valence electrons. The fraction of sp³-hybridized carbons (Fsp3) is 0.538. The second-order valence-electron chi connectivity index (χ2n) is 4.50. The van der Waals surface area contributed by atoms with Gasteiger partial charge in [-0.3, -0.25) is 0 Å². The van der Waals surface area contributed by atoms with Gasteiger partial charge in [-0.15, -0.1) is 11.8 Å². The largest absolute Gasteiger partial charge is 0.324 e. The van der Waals surface area contributed by atoms with E-state index in [1.54, 1.807) is 0 Å². The number of benzene rings is 1. The molecule has 0 fully saturated rings. The van der Waals surface area contributed by atoms with Gasteiger partial charge in [0.15, 0.2) is 0 Å². The van der Waals surface area contributed by atoms with Gasteiger partial charge in [0.2, 0.25) is 0 Å². The minimum Gasteiger partial charge on any atom is -0.324 e. The third-order valence-corrected chi connectivity index (χ3v) is 4.14. The molecule has 1 nitrogen and oxygen atoms in total. The lowest BCUT2D eigenvalue weighted by Gasteiger charge is -2.10. The zero-order chi connectivity index (χ0) is 12.1. The molecule has 0 saturated carbocycles. The monoisotopic (exact) mass is 301 g/mol. The van der Waals surface area contributed by atoms with Crippen LogP contribution in [0.5, 0.6) is 0 Å². The fourth-order valence-corrected chi connectivity index (χ4v) is 3.46. The summed E-state index contributed by atoms with van der Waals surface area (Å²) in [5.74, 6) is 1.96. The van der Waals surface area contributed by atoms with Crippen molar-refractivity contribution in [2.45, 2.75) is 38.1 Å². The summed E-state index contributed by atoms with van der Waals surface area (Å²) in [6.45, 7) is 6.52. The second-order valence-corrected chi connectivity index (χ2v) is 6.53. The third-order valence-electron chi connectivity index (χ3n) is 2.43. The van der Waals surface area contributed by atoms with Crippen LogP contribution in [-0.4, -0.2) is 5.75 Å². The van der Waals surface area contributed by atoms with Gasteiger partial charge in [0.25, 0.3) is 0 Å². The lowest BCUT2D eigenvalue weighted by Crippen LogP contribution is -2.05. The van der Waals surface area contributed by atoms with Crippen molar-refractivity contribution in [1.82, 2.24) is 0 Å². The predicted molar refractivity (Wildman–Crippen MR) is 76.9 cm³/mol. The molecule has 0 radical (unpaired) electrons. The van der Waals surface area contributed by atoms with E-state index in [0.717, 1.165) is 10.4 Å². The van der Waals surface area contributed by atoms with E-state index >= 15 is 0 Å². The average Bonchev–Trinajstić information content (AvgIpc) is 2.16. The molecule has 1 atom stereocenters. The maximum Gasteiger partial charge on any atom is 0.0277 e. The molecule has 0 bridgehead atoms. The molecule has 3 heteroatoms. The van der Waals surface area contributed by atoms with Gasteiger partial charge < -0.3 is 5.73 Å². The van der Waals surface area contributed by atoms with Gasteiger partial charge >= 0.3 is 0 Å². The normalized spacial score (nSPS) is 13.1. The number of nitrogens with two attached hydrogens (primary N) is 1. The molecule has 2 N–H and O–H groups in total. The molecule has 0 aromatic heterocycles. The minimum atomic E-state index is 0.0871. The van der Waals surface area contributed by atoms with E-state index in [-0.39, 0.29) is 6.04 Å². The van der Waals surface area contributed by atoms with Crippen molar-refractivity contribution in [3.63, 3.8) is 0 Å². The molecule has 0 saturated heterocycles. The van der Waals surface area contributed by atoms with Gasteiger partial charge in [0.1, 0.15) is 0 Å². The summed E-state index contributed by atoms with van der Waals surface area (Å²) in [4.78, 5) is 1.32. The van der Waals surface area contributed by atoms with E-state index in [2.05, 4.69) is 48.0 Å². The third kappa shape index (κ3) is 4.48. The average molecular weight is 302 g/mol. The van der Waals surface area contributed by atoms with E-state index < -0.39 is 0 Å². The SMILES string of the molecule is CC(C)CCSc1ccc([C@@H](C)N)c(Br)c1. The van der Waals surface area contributed by atoms with Crippen molar-refractivity contribution in [3.8, 4) is 0 Å². The molecular formula is C13H20BrNS. The van der Waals surface area contributed by atoms with Gasteiger partial charge in [-0.25, -0.2) is 0 Å². The van der Waals surface area contributed by atoms with Crippen LogP contribution in [0.2, 0.25) is 0 Å². The minimum absolute atomic E-state index is 0.0871. The van der Waals surface area contributed by atoms with Crippen LogP contribution >= 0.6 is 27.7 Å². The van der Waals surface area contributed by atoms with Crippen LogP contribution in [0.15, 0.2) is 27.6 Å². The Labute approximate surface area is 111 Å². The maximum absolute atomic E-state index is 5.87. The molecule has 0 spiro atoms. The topological polar surface area (TPSA) is 26.0 Å². The van der Waals surface area contributed by atoms with E-state index in [1.165, 1.54) is 22.6 Å². The highest BCUT2D eigenvalue weighted by molar-refractivity contribution is 9.10. The summed E-state index contributed by atoms with van der Waals surface area (Å²) >= 11 is 5.49. The lowest BCUT2D eigenvalue weighted by atomic mass is 10.1. The molecular weight excluding hydrogens is 282 g/mol. The van der Waals surface area contributed by atoms with Crippen molar-refractivity contribution in [2.75, 3.05) is 5.75 Å². The molecule has 1 rings (SSSR count). The van der Waals surface area contributed by atoms with Crippen LogP contribution in [0.1, 0.15) is 38.8 Å². The summed E-state index contributed by atoms with van der Waals surface area (Å²) < 4.78 is 1.12. The Hall–Kier alpha value is 0.01000. The number of rotatable bonds is 5. The van der Waals surface area contributed by atoms with Crippen LogP contribution in [0, 0.1) is 5.92 Å². The molecule has 0 aliphatic rings. The van der Waals surface area contributed by atoms with Crippen molar-refractivity contribution < 1.29 is 0 Å². The first kappa shape index (κ1) is 14.1. The zero-order valence-electron chi connectivity index (χ0n) is 10.2. The molecule has 1 aromatic rings. The summed E-state index contributed by atoms with van der Waals surface area (Å²) in [7, 11) is 0. The Kier molecular flexibility index (Phi) is 5.87. The Morgan fingerprint density at radius 3 is 2.50 bits per heavy atom. The van der Waals surface area contributed by atoms with Crippen LogP contribution < -0.4 is 5.73 Å². The fourth-order valence-electron chi connectivity index (χ4n) is 1.38. The second kappa shape index (κ2) is 6.67. The first-order valence-electron chi connectivity index (χ1n) is 5.68. The Balaban J connectivity index is 2.59. The predicted octanol–water partition coefficient (Wildman–Crippen LogP) is 4.61. The highest BCUT2D eigenvalue weighted by atomic mass is 79.9. The molecule has 0 amide bonds. The van der Waals surface area contributed by atoms with E-state index in [1.807, 2.05) is 18.7 Å². The number of halogens is 1. The van der Waals surface area contributed by atoms with Gasteiger partial charge in [-0.1, -0.05) is 35.8 Å². The summed E-state index contributed by atoms with van der Waals surface area (Å²) in [5.41, 5.74) is 7.04. The summed E-state index contributed by atoms with van der Waals surface area (Å²) in [5, 5.41) is 0. The zero-order valence-corrected chi connectivity index (χ0v) is 12.6. The van der Waals surface area contributed by atoms with Crippen molar-refractivity contribution in [2.24, 2.45) is 11.7 Å². The van der Waals surface area contributed by atoms with Crippen LogP contribution in [0.4, 0.5) is 0 Å². The molecule has 0 heterocycles. The molecule has 0 aliphatic carbocycles. The van der Waals surface area contributed by atoms with Crippen LogP contribution in [0.3, 0.4) is 0 Å². The Morgan fingerprint density at radius 1 is 1.31 bits per heavy atom. The molecule has 16 heavy (non-hydrogen) atoms. The first-order valence-corrected chi connectivity index (χ1v) is 7.46. The lowest BCUT2D eigenvalue weighted by molar-refractivity contribution is 0.632. The highest BCUT2D eigenvalue weighted by Crippen LogP contribution is 2.28. The quantitative estimate of drug-likeness (QED) is 0.804. The Bertz CT molecular complexity index is 337. The highest BCUT2D eigenvalue weighted by Gasteiger charge is 2.06. The van der Waals surface area contributed by atoms with E-state index in [9.17, 15) is 0 Å². The molecule has 1 aromatic carbocycles. The van der Waals surface area contributed by atoms with Crippen molar-refractivity contribution in [3.05, 3.63) is 28.2 Å². The van der Waals surface area contributed by atoms with Crippen LogP contribution in [-0.2, 0) is 0 Å². The number of thioether (sulfide) groups is 1. The molecule has 0 unspecified atom stereocenters. The first-order chi connectivity index (χ1) is 7.50. The Morgan fingerprint density at radius 2 is 2.00 bits per heavy atom. The van der Waals surface area contributed by atoms with Gasteiger partial charge in [-0.05, 0) is 42.7 Å². The van der Waals surface area contributed by atoms with Crippen LogP contribution in [0.25, 0.3) is 0 Å². The van der Waals surface area contributed by atoms with Gasteiger partial charge in [0, 0.05) is 15.4 Å². The summed E-state index contributed by atoms with van der Waals surface area (Å²) in [6.07, 6.45) is 1.26. The van der Waals surface area contributed by atoms with Crippen molar-refractivity contribution >= 4 is 27.7 Å². The standard InChI is InChI=1S/C13H20BrNS/c1-9(2)6-7-16-11-4-5-12(10(3)15)13(14)8-11/h4-5,8-10H,6-7,15H2,1-3H3/t10-/m1/s1. The number of hydrogen-bond acceptors (Lipinski definition) is 2. The maximum atomic E-state index is 5.87. The summed E-state index contributed by atoms with van der Waals surface area (Å²) in [6, 6.07) is 6.54. The van der Waals surface area contributed by atoms with E-state index in [4.69, 9.17) is 5.73 Å². The van der Waals surface area contributed by atoms with E-state index in [0.29, 0.717) is 0 Å². The molecule has 0 aliphatic heterocycles. The van der Waals surface area contributed by atoms with Gasteiger partial charge in [-0.2, -0.15) is 0 Å². The number of hydrogen-bond donors (Lipinski definition) is 1. The van der Waals surface area contributed by atoms with Crippen molar-refractivity contribution in [1.29, 1.82) is 0 Å². The smallest absolute Gasteiger partial charge is 0.0277 e. The van der Waals surface area contributed by atoms with Gasteiger partial charge in [0.05, 0.1) is 0 Å².